The molecular weight excluding hydrogens is 290 g/mol. The van der Waals surface area contributed by atoms with E-state index < -0.39 is 0 Å². The minimum atomic E-state index is 0.0853. The van der Waals surface area contributed by atoms with E-state index >= 15 is 0 Å². The van der Waals surface area contributed by atoms with Crippen LogP contribution in [0, 0.1) is 18.3 Å². The van der Waals surface area contributed by atoms with Gasteiger partial charge >= 0.3 is 0 Å². The summed E-state index contributed by atoms with van der Waals surface area (Å²) in [6.07, 6.45) is 1.52. The number of nitrogens with one attached hydrogen (secondary N) is 1. The van der Waals surface area contributed by atoms with Crippen molar-refractivity contribution < 1.29 is 4.42 Å². The molecule has 0 aliphatic rings. The van der Waals surface area contributed by atoms with Gasteiger partial charge in [0, 0.05) is 6.54 Å². The van der Waals surface area contributed by atoms with Crippen LogP contribution in [0.4, 0.5) is 11.8 Å². The van der Waals surface area contributed by atoms with E-state index in [9.17, 15) is 5.26 Å². The van der Waals surface area contributed by atoms with E-state index in [2.05, 4.69) is 27.4 Å². The van der Waals surface area contributed by atoms with Gasteiger partial charge < -0.3 is 15.5 Å². The van der Waals surface area contributed by atoms with E-state index in [-0.39, 0.29) is 5.95 Å². The van der Waals surface area contributed by atoms with Crippen molar-refractivity contribution in [1.29, 1.82) is 5.26 Å². The summed E-state index contributed by atoms with van der Waals surface area (Å²) in [6, 6.07) is 13.7. The van der Waals surface area contributed by atoms with Gasteiger partial charge in [0.1, 0.15) is 17.3 Å². The Labute approximate surface area is 133 Å². The molecular formula is C17H15N5O. The van der Waals surface area contributed by atoms with Crippen molar-refractivity contribution in [3.05, 3.63) is 59.4 Å². The highest BCUT2D eigenvalue weighted by Crippen LogP contribution is 2.27. The number of nitrogens with zero attached hydrogens (tertiary/aromatic N) is 3. The highest BCUT2D eigenvalue weighted by atomic mass is 16.3. The number of anilines is 2. The van der Waals surface area contributed by atoms with E-state index in [1.54, 1.807) is 12.1 Å². The molecule has 0 saturated carbocycles. The summed E-state index contributed by atoms with van der Waals surface area (Å²) in [5, 5.41) is 12.6. The van der Waals surface area contributed by atoms with E-state index in [0.29, 0.717) is 29.4 Å². The molecule has 3 aromatic rings. The first-order valence-electron chi connectivity index (χ1n) is 7.08. The van der Waals surface area contributed by atoms with Gasteiger partial charge in [-0.05, 0) is 24.6 Å². The van der Waals surface area contributed by atoms with Gasteiger partial charge in [-0.2, -0.15) is 10.2 Å². The van der Waals surface area contributed by atoms with Crippen LogP contribution in [-0.4, -0.2) is 9.97 Å². The first kappa shape index (κ1) is 14.6. The Hall–Kier alpha value is -3.33. The second-order valence-corrected chi connectivity index (χ2v) is 5.09. The zero-order chi connectivity index (χ0) is 16.2. The van der Waals surface area contributed by atoms with Crippen molar-refractivity contribution in [3.8, 4) is 17.5 Å². The molecule has 0 fully saturated rings. The maximum absolute atomic E-state index is 9.48. The minimum Gasteiger partial charge on any atom is -0.463 e. The summed E-state index contributed by atoms with van der Waals surface area (Å²) >= 11 is 0. The molecule has 114 valence electrons. The average molecular weight is 305 g/mol. The number of benzene rings is 1. The van der Waals surface area contributed by atoms with Crippen LogP contribution >= 0.6 is 0 Å². The van der Waals surface area contributed by atoms with Gasteiger partial charge in [0.15, 0.2) is 11.6 Å². The average Bonchev–Trinajstić information content (AvgIpc) is 3.06. The molecule has 2 aromatic heterocycles. The van der Waals surface area contributed by atoms with Crippen molar-refractivity contribution in [2.75, 3.05) is 11.1 Å². The lowest BCUT2D eigenvalue weighted by Gasteiger charge is -2.10. The highest BCUT2D eigenvalue weighted by Gasteiger charge is 2.16. The lowest BCUT2D eigenvalue weighted by atomic mass is 10.1. The van der Waals surface area contributed by atoms with Gasteiger partial charge in [-0.3, -0.25) is 0 Å². The molecule has 23 heavy (non-hydrogen) atoms. The third-order valence-corrected chi connectivity index (χ3v) is 3.34. The molecule has 2 heterocycles. The Kier molecular flexibility index (Phi) is 3.93. The Morgan fingerprint density at radius 3 is 2.83 bits per heavy atom. The second kappa shape index (κ2) is 6.20. The topological polar surface area (TPSA) is 101 Å². The summed E-state index contributed by atoms with van der Waals surface area (Å²) in [4.78, 5) is 8.27. The molecule has 0 unspecified atom stereocenters. The summed E-state index contributed by atoms with van der Waals surface area (Å²) in [7, 11) is 0. The van der Waals surface area contributed by atoms with Crippen molar-refractivity contribution in [2.24, 2.45) is 0 Å². The minimum absolute atomic E-state index is 0.0853. The largest absolute Gasteiger partial charge is 0.463 e. The van der Waals surface area contributed by atoms with E-state index in [4.69, 9.17) is 10.2 Å². The lowest BCUT2D eigenvalue weighted by molar-refractivity contribution is 0.580. The standard InChI is InChI=1S/C17H15N5O/c1-11-4-2-5-12(8-11)10-20-16-13(9-18)15(21-17(19)22-16)14-6-3-7-23-14/h2-8H,10H2,1H3,(H3,19,20,21,22). The van der Waals surface area contributed by atoms with Crippen LogP contribution in [0.25, 0.3) is 11.5 Å². The third kappa shape index (κ3) is 3.14. The van der Waals surface area contributed by atoms with Gasteiger partial charge in [-0.25, -0.2) is 4.98 Å². The van der Waals surface area contributed by atoms with Crippen molar-refractivity contribution in [3.63, 3.8) is 0 Å². The summed E-state index contributed by atoms with van der Waals surface area (Å²) < 4.78 is 5.33. The smallest absolute Gasteiger partial charge is 0.222 e. The van der Waals surface area contributed by atoms with Crippen LogP contribution in [-0.2, 0) is 6.54 Å². The predicted molar refractivity (Wildman–Crippen MR) is 87.4 cm³/mol. The molecule has 0 saturated heterocycles. The zero-order valence-electron chi connectivity index (χ0n) is 12.6. The van der Waals surface area contributed by atoms with Crippen molar-refractivity contribution in [1.82, 2.24) is 9.97 Å². The maximum atomic E-state index is 9.48. The quantitative estimate of drug-likeness (QED) is 0.768. The third-order valence-electron chi connectivity index (χ3n) is 3.34. The Morgan fingerprint density at radius 1 is 1.26 bits per heavy atom. The number of hydrogen-bond acceptors (Lipinski definition) is 6. The molecule has 0 spiro atoms. The van der Waals surface area contributed by atoms with Gasteiger partial charge in [0.2, 0.25) is 5.95 Å². The van der Waals surface area contributed by atoms with Crippen LogP contribution in [0.3, 0.4) is 0 Å². The van der Waals surface area contributed by atoms with Crippen molar-refractivity contribution >= 4 is 11.8 Å². The molecule has 0 amide bonds. The van der Waals surface area contributed by atoms with Gasteiger partial charge in [-0.1, -0.05) is 29.8 Å². The monoisotopic (exact) mass is 305 g/mol. The van der Waals surface area contributed by atoms with E-state index in [1.165, 1.54) is 11.8 Å². The second-order valence-electron chi connectivity index (χ2n) is 5.09. The van der Waals surface area contributed by atoms with Crippen LogP contribution in [0.2, 0.25) is 0 Å². The van der Waals surface area contributed by atoms with Crippen LogP contribution in [0.5, 0.6) is 0 Å². The number of rotatable bonds is 4. The summed E-state index contributed by atoms with van der Waals surface area (Å²) in [5.74, 6) is 0.962. The van der Waals surface area contributed by atoms with Gasteiger partial charge in [-0.15, -0.1) is 0 Å². The zero-order valence-corrected chi connectivity index (χ0v) is 12.6. The van der Waals surface area contributed by atoms with Gasteiger partial charge in [0.25, 0.3) is 0 Å². The summed E-state index contributed by atoms with van der Waals surface area (Å²) in [6.45, 7) is 2.56. The number of nitrogens with two attached hydrogens (primary N) is 1. The van der Waals surface area contributed by atoms with Crippen LogP contribution in [0.1, 0.15) is 16.7 Å². The molecule has 0 bridgehead atoms. The molecule has 6 nitrogen and oxygen atoms in total. The first-order valence-corrected chi connectivity index (χ1v) is 7.08. The normalized spacial score (nSPS) is 10.3. The number of nitrogen functional groups attached to an aromatic ring is 1. The Balaban J connectivity index is 1.94. The fourth-order valence-electron chi connectivity index (χ4n) is 2.31. The fourth-order valence-corrected chi connectivity index (χ4v) is 2.31. The summed E-state index contributed by atoms with van der Waals surface area (Å²) in [5.41, 5.74) is 8.72. The SMILES string of the molecule is Cc1cccc(CNc2nc(N)nc(-c3ccco3)c2C#N)c1. The maximum Gasteiger partial charge on any atom is 0.222 e. The first-order chi connectivity index (χ1) is 11.2. The molecule has 3 N–H and O–H groups in total. The Bertz CT molecular complexity index is 865. The predicted octanol–water partition coefficient (Wildman–Crippen LogP) is 3.11. The lowest BCUT2D eigenvalue weighted by Crippen LogP contribution is -2.08. The van der Waals surface area contributed by atoms with Crippen LogP contribution in [0.15, 0.2) is 47.1 Å². The van der Waals surface area contributed by atoms with E-state index in [1.807, 2.05) is 25.1 Å². The molecule has 0 aliphatic heterocycles. The van der Waals surface area contributed by atoms with E-state index in [0.717, 1.165) is 5.56 Å². The Morgan fingerprint density at radius 2 is 2.13 bits per heavy atom. The highest BCUT2D eigenvalue weighted by molar-refractivity contribution is 5.71. The molecule has 0 aliphatic carbocycles. The van der Waals surface area contributed by atoms with Gasteiger partial charge in [0.05, 0.1) is 6.26 Å². The fraction of sp³-hybridized carbons (Fsp3) is 0.118. The van der Waals surface area contributed by atoms with Crippen LogP contribution < -0.4 is 11.1 Å². The number of aryl methyl sites for hydroxylation is 1. The number of aromatic nitrogens is 2. The number of nitriles is 1. The number of furan rings is 1. The molecule has 0 radical (unpaired) electrons. The van der Waals surface area contributed by atoms with Crippen molar-refractivity contribution in [2.45, 2.75) is 13.5 Å². The molecule has 1 aromatic carbocycles. The molecule has 3 rings (SSSR count). The number of hydrogen-bond donors (Lipinski definition) is 2. The molecule has 0 atom stereocenters. The molecule has 6 heteroatoms.